The molecule has 1 fully saturated rings. The van der Waals surface area contributed by atoms with Crippen LogP contribution in [-0.2, 0) is 19.1 Å². The van der Waals surface area contributed by atoms with E-state index in [4.69, 9.17) is 10.00 Å². The zero-order chi connectivity index (χ0) is 12.8. The minimum Gasteiger partial charge on any atom is -0.466 e. The number of carbonyl (C=O) groups is 3. The smallest absolute Gasteiger partial charge is 0.310 e. The molecule has 2 atom stereocenters. The van der Waals surface area contributed by atoms with Gasteiger partial charge in [-0.2, -0.15) is 5.26 Å². The van der Waals surface area contributed by atoms with Gasteiger partial charge < -0.3 is 10.1 Å². The van der Waals surface area contributed by atoms with Crippen LogP contribution in [0.1, 0.15) is 19.8 Å². The van der Waals surface area contributed by atoms with Crippen molar-refractivity contribution in [3.8, 4) is 6.07 Å². The van der Waals surface area contributed by atoms with Crippen molar-refractivity contribution in [3.63, 3.8) is 0 Å². The molecule has 0 aliphatic heterocycles. The average molecular weight is 238 g/mol. The summed E-state index contributed by atoms with van der Waals surface area (Å²) in [6, 6.07) is 1.77. The number of nitrogens with zero attached hydrogens (tertiary/aromatic N) is 1. The lowest BCUT2D eigenvalue weighted by atomic mass is 9.95. The van der Waals surface area contributed by atoms with Crippen LogP contribution in [-0.4, -0.2) is 30.8 Å². The van der Waals surface area contributed by atoms with E-state index in [1.807, 2.05) is 0 Å². The van der Waals surface area contributed by atoms with Crippen LogP contribution in [0.25, 0.3) is 0 Å². The Labute approximate surface area is 98.9 Å². The molecule has 0 bridgehead atoms. The minimum atomic E-state index is -0.707. The second-order valence-corrected chi connectivity index (χ2v) is 3.79. The summed E-state index contributed by atoms with van der Waals surface area (Å²) in [5, 5.41) is 10.7. The predicted octanol–water partition coefficient (Wildman–Crippen LogP) is -0.215. The van der Waals surface area contributed by atoms with Crippen LogP contribution in [0.3, 0.4) is 0 Å². The van der Waals surface area contributed by atoms with E-state index >= 15 is 0 Å². The number of amides is 1. The van der Waals surface area contributed by atoms with E-state index in [1.54, 1.807) is 13.0 Å². The Balaban J connectivity index is 2.68. The molecule has 6 heteroatoms. The summed E-state index contributed by atoms with van der Waals surface area (Å²) in [4.78, 5) is 34.5. The highest BCUT2D eigenvalue weighted by Gasteiger charge is 2.42. The quantitative estimate of drug-likeness (QED) is 0.539. The van der Waals surface area contributed by atoms with Gasteiger partial charge in [-0.3, -0.25) is 14.4 Å². The number of nitrogens with one attached hydrogen (secondary N) is 1. The Morgan fingerprint density at radius 2 is 2.12 bits per heavy atom. The van der Waals surface area contributed by atoms with Gasteiger partial charge in [0.25, 0.3) is 0 Å². The molecule has 92 valence electrons. The first kappa shape index (κ1) is 13.2. The standard InChI is InChI=1S/C11H14N2O4/c1-2-17-11(16)9-6-7(14)5-8(9)10(15)13-4-3-12/h8-9H,2,4-6H2,1H3,(H,13,15)/t8-,9-/m1/s1. The van der Waals surface area contributed by atoms with Gasteiger partial charge in [0.2, 0.25) is 5.91 Å². The van der Waals surface area contributed by atoms with Crippen molar-refractivity contribution >= 4 is 17.7 Å². The molecule has 1 saturated carbocycles. The fourth-order valence-corrected chi connectivity index (χ4v) is 1.89. The topological polar surface area (TPSA) is 96.3 Å². The van der Waals surface area contributed by atoms with Gasteiger partial charge in [0, 0.05) is 12.8 Å². The monoisotopic (exact) mass is 238 g/mol. The van der Waals surface area contributed by atoms with E-state index in [9.17, 15) is 14.4 Å². The summed E-state index contributed by atoms with van der Waals surface area (Å²) in [5.74, 6) is -2.48. The largest absolute Gasteiger partial charge is 0.466 e. The van der Waals surface area contributed by atoms with Gasteiger partial charge in [-0.1, -0.05) is 0 Å². The molecular weight excluding hydrogens is 224 g/mol. The molecule has 1 amide bonds. The Hall–Kier alpha value is -1.90. The van der Waals surface area contributed by atoms with Gasteiger partial charge >= 0.3 is 5.97 Å². The Kier molecular flexibility index (Phi) is 4.64. The van der Waals surface area contributed by atoms with Crippen molar-refractivity contribution in [1.82, 2.24) is 5.32 Å². The van der Waals surface area contributed by atoms with E-state index < -0.39 is 23.7 Å². The molecule has 0 saturated heterocycles. The predicted molar refractivity (Wildman–Crippen MR) is 56.5 cm³/mol. The van der Waals surface area contributed by atoms with Crippen molar-refractivity contribution in [2.75, 3.05) is 13.2 Å². The van der Waals surface area contributed by atoms with Gasteiger partial charge in [0.1, 0.15) is 12.3 Å². The molecule has 0 unspecified atom stereocenters. The molecule has 0 spiro atoms. The first-order chi connectivity index (χ1) is 8.10. The zero-order valence-corrected chi connectivity index (χ0v) is 9.56. The van der Waals surface area contributed by atoms with Crippen LogP contribution in [0.4, 0.5) is 0 Å². The third-order valence-electron chi connectivity index (χ3n) is 2.65. The molecule has 6 nitrogen and oxygen atoms in total. The summed E-state index contributed by atoms with van der Waals surface area (Å²) in [5.41, 5.74) is 0. The molecule has 0 aromatic carbocycles. The number of Topliss-reactive ketones (excluding diaryl/α,β-unsaturated/α-hetero) is 1. The molecule has 0 aromatic rings. The molecule has 0 heterocycles. The number of ketones is 1. The second-order valence-electron chi connectivity index (χ2n) is 3.79. The highest BCUT2D eigenvalue weighted by Crippen LogP contribution is 2.30. The van der Waals surface area contributed by atoms with E-state index in [2.05, 4.69) is 5.32 Å². The van der Waals surface area contributed by atoms with Crippen molar-refractivity contribution in [3.05, 3.63) is 0 Å². The SMILES string of the molecule is CCOC(=O)[C@@H]1CC(=O)C[C@H]1C(=O)NCC#N. The van der Waals surface area contributed by atoms with Crippen LogP contribution in [0, 0.1) is 23.2 Å². The number of carbonyl (C=O) groups excluding carboxylic acids is 3. The lowest BCUT2D eigenvalue weighted by molar-refractivity contribution is -0.151. The molecule has 1 aliphatic rings. The van der Waals surface area contributed by atoms with Crippen LogP contribution in [0.5, 0.6) is 0 Å². The maximum absolute atomic E-state index is 11.6. The molecule has 1 N–H and O–H groups in total. The maximum atomic E-state index is 11.6. The third-order valence-corrected chi connectivity index (χ3v) is 2.65. The molecule has 1 aliphatic carbocycles. The highest BCUT2D eigenvalue weighted by molar-refractivity contribution is 5.96. The van der Waals surface area contributed by atoms with Crippen molar-refractivity contribution in [1.29, 1.82) is 5.26 Å². The Bertz CT molecular complexity index is 372. The second kappa shape index (κ2) is 5.99. The molecular formula is C11H14N2O4. The summed E-state index contributed by atoms with van der Waals surface area (Å²) < 4.78 is 4.82. The maximum Gasteiger partial charge on any atom is 0.310 e. The van der Waals surface area contributed by atoms with Gasteiger partial charge in [-0.05, 0) is 6.92 Å². The number of ether oxygens (including phenoxy) is 1. The summed E-state index contributed by atoms with van der Waals surface area (Å²) in [6.45, 7) is 1.76. The van der Waals surface area contributed by atoms with Gasteiger partial charge in [0.15, 0.2) is 0 Å². The van der Waals surface area contributed by atoms with Crippen LogP contribution in [0.15, 0.2) is 0 Å². The number of rotatable bonds is 4. The number of nitriles is 1. The molecule has 1 rings (SSSR count). The average Bonchev–Trinajstić information content (AvgIpc) is 2.68. The highest BCUT2D eigenvalue weighted by atomic mass is 16.5. The zero-order valence-electron chi connectivity index (χ0n) is 9.56. The summed E-state index contributed by atoms with van der Waals surface area (Å²) in [6.07, 6.45) is 0.0875. The first-order valence-corrected chi connectivity index (χ1v) is 5.43. The fraction of sp³-hybridized carbons (Fsp3) is 0.636. The van der Waals surface area contributed by atoms with Crippen LogP contribution in [0.2, 0.25) is 0 Å². The summed E-state index contributed by atoms with van der Waals surface area (Å²) in [7, 11) is 0. The summed E-state index contributed by atoms with van der Waals surface area (Å²) >= 11 is 0. The van der Waals surface area contributed by atoms with Crippen molar-refractivity contribution in [2.45, 2.75) is 19.8 Å². The lowest BCUT2D eigenvalue weighted by Gasteiger charge is -2.15. The number of hydrogen-bond donors (Lipinski definition) is 1. The van der Waals surface area contributed by atoms with Gasteiger partial charge in [0.05, 0.1) is 24.5 Å². The first-order valence-electron chi connectivity index (χ1n) is 5.43. The van der Waals surface area contributed by atoms with E-state index in [-0.39, 0.29) is 31.8 Å². The minimum absolute atomic E-state index is 0.0424. The van der Waals surface area contributed by atoms with E-state index in [1.165, 1.54) is 0 Å². The Morgan fingerprint density at radius 3 is 2.71 bits per heavy atom. The lowest BCUT2D eigenvalue weighted by Crippen LogP contribution is -2.36. The Morgan fingerprint density at radius 1 is 1.47 bits per heavy atom. The van der Waals surface area contributed by atoms with Gasteiger partial charge in [-0.15, -0.1) is 0 Å². The molecule has 0 radical (unpaired) electrons. The molecule has 0 aromatic heterocycles. The third kappa shape index (κ3) is 3.28. The van der Waals surface area contributed by atoms with Gasteiger partial charge in [-0.25, -0.2) is 0 Å². The number of hydrogen-bond acceptors (Lipinski definition) is 5. The van der Waals surface area contributed by atoms with Crippen molar-refractivity contribution < 1.29 is 19.1 Å². The normalized spacial score (nSPS) is 22.9. The van der Waals surface area contributed by atoms with Crippen LogP contribution >= 0.6 is 0 Å². The molecule has 17 heavy (non-hydrogen) atoms. The van der Waals surface area contributed by atoms with E-state index in [0.717, 1.165) is 0 Å². The van der Waals surface area contributed by atoms with Crippen LogP contribution < -0.4 is 5.32 Å². The fourth-order valence-electron chi connectivity index (χ4n) is 1.89. The number of esters is 1. The van der Waals surface area contributed by atoms with E-state index in [0.29, 0.717) is 0 Å². The van der Waals surface area contributed by atoms with Crippen molar-refractivity contribution in [2.24, 2.45) is 11.8 Å².